The molecule has 1 N–H and O–H groups in total. The second-order valence-corrected chi connectivity index (χ2v) is 4.35. The number of para-hydroxylation sites is 1. The first-order valence-electron chi connectivity index (χ1n) is 6.23. The second-order valence-electron chi connectivity index (χ2n) is 4.35. The average Bonchev–Trinajstić information content (AvgIpc) is 2.45. The molecule has 1 atom stereocenters. The van der Waals surface area contributed by atoms with Gasteiger partial charge in [-0.3, -0.25) is 0 Å². The summed E-state index contributed by atoms with van der Waals surface area (Å²) in [5.74, 6) is 1.60. The van der Waals surface area contributed by atoms with Crippen molar-refractivity contribution in [3.05, 3.63) is 59.7 Å². The lowest BCUT2D eigenvalue weighted by Crippen LogP contribution is -1.99. The molecule has 19 heavy (non-hydrogen) atoms. The highest BCUT2D eigenvalue weighted by Gasteiger charge is 2.04. The zero-order valence-electron chi connectivity index (χ0n) is 11.2. The minimum atomic E-state index is -0.455. The molecule has 0 fully saturated rings. The van der Waals surface area contributed by atoms with Gasteiger partial charge < -0.3 is 14.6 Å². The van der Waals surface area contributed by atoms with Gasteiger partial charge in [0.05, 0.1) is 13.2 Å². The van der Waals surface area contributed by atoms with Gasteiger partial charge in [-0.15, -0.1) is 0 Å². The molecular weight excluding hydrogens is 240 g/mol. The van der Waals surface area contributed by atoms with E-state index >= 15 is 0 Å². The Bertz CT molecular complexity index is 518. The standard InChI is InChI=1S/C16H18O3/c1-12(17)13-7-9-15(10-8-13)19-11-14-5-3-4-6-16(14)18-2/h3-10,12,17H,11H2,1-2H3. The number of benzene rings is 2. The number of aliphatic hydroxyl groups is 1. The Labute approximate surface area is 113 Å². The summed E-state index contributed by atoms with van der Waals surface area (Å²) in [7, 11) is 1.65. The van der Waals surface area contributed by atoms with Gasteiger partial charge in [0.2, 0.25) is 0 Å². The van der Waals surface area contributed by atoms with Crippen LogP contribution in [0.2, 0.25) is 0 Å². The first-order chi connectivity index (χ1) is 9.20. The van der Waals surface area contributed by atoms with Crippen molar-refractivity contribution in [1.82, 2.24) is 0 Å². The fourth-order valence-electron chi connectivity index (χ4n) is 1.83. The van der Waals surface area contributed by atoms with Crippen molar-refractivity contribution in [2.45, 2.75) is 19.6 Å². The summed E-state index contributed by atoms with van der Waals surface area (Å²) in [6.07, 6.45) is -0.455. The molecule has 2 rings (SSSR count). The van der Waals surface area contributed by atoms with Crippen LogP contribution < -0.4 is 9.47 Å². The van der Waals surface area contributed by atoms with Crippen LogP contribution in [0.25, 0.3) is 0 Å². The van der Waals surface area contributed by atoms with Gasteiger partial charge in [0, 0.05) is 5.56 Å². The van der Waals surface area contributed by atoms with E-state index in [-0.39, 0.29) is 0 Å². The molecule has 0 saturated heterocycles. The van der Waals surface area contributed by atoms with E-state index in [0.717, 1.165) is 22.6 Å². The monoisotopic (exact) mass is 258 g/mol. The maximum atomic E-state index is 9.43. The van der Waals surface area contributed by atoms with Crippen LogP contribution in [0.3, 0.4) is 0 Å². The van der Waals surface area contributed by atoms with Gasteiger partial charge in [-0.2, -0.15) is 0 Å². The summed E-state index contributed by atoms with van der Waals surface area (Å²) < 4.78 is 11.0. The Morgan fingerprint density at radius 3 is 2.37 bits per heavy atom. The van der Waals surface area contributed by atoms with E-state index in [1.54, 1.807) is 14.0 Å². The third-order valence-electron chi connectivity index (χ3n) is 2.95. The van der Waals surface area contributed by atoms with Crippen molar-refractivity contribution >= 4 is 0 Å². The van der Waals surface area contributed by atoms with Crippen LogP contribution in [0.1, 0.15) is 24.2 Å². The van der Waals surface area contributed by atoms with Gasteiger partial charge >= 0.3 is 0 Å². The number of methoxy groups -OCH3 is 1. The Morgan fingerprint density at radius 1 is 1.05 bits per heavy atom. The van der Waals surface area contributed by atoms with E-state index in [9.17, 15) is 5.11 Å². The Hall–Kier alpha value is -2.00. The molecule has 0 bridgehead atoms. The average molecular weight is 258 g/mol. The van der Waals surface area contributed by atoms with E-state index in [1.165, 1.54) is 0 Å². The number of hydrogen-bond donors (Lipinski definition) is 1. The largest absolute Gasteiger partial charge is 0.496 e. The Balaban J connectivity index is 2.02. The molecule has 0 radical (unpaired) electrons. The second kappa shape index (κ2) is 6.25. The smallest absolute Gasteiger partial charge is 0.125 e. The molecule has 0 amide bonds. The quantitative estimate of drug-likeness (QED) is 0.894. The van der Waals surface area contributed by atoms with Crippen molar-refractivity contribution in [1.29, 1.82) is 0 Å². The first-order valence-corrected chi connectivity index (χ1v) is 6.23. The molecular formula is C16H18O3. The molecule has 0 aliphatic carbocycles. The molecule has 100 valence electrons. The highest BCUT2D eigenvalue weighted by molar-refractivity contribution is 5.34. The van der Waals surface area contributed by atoms with E-state index in [1.807, 2.05) is 48.5 Å². The van der Waals surface area contributed by atoms with Crippen molar-refractivity contribution in [2.75, 3.05) is 7.11 Å². The van der Waals surface area contributed by atoms with Crippen LogP contribution in [0.4, 0.5) is 0 Å². The predicted octanol–water partition coefficient (Wildman–Crippen LogP) is 3.33. The summed E-state index contributed by atoms with van der Waals surface area (Å²) in [5, 5.41) is 9.43. The topological polar surface area (TPSA) is 38.7 Å². The van der Waals surface area contributed by atoms with Crippen molar-refractivity contribution in [3.8, 4) is 11.5 Å². The van der Waals surface area contributed by atoms with Crippen molar-refractivity contribution in [2.24, 2.45) is 0 Å². The molecule has 0 spiro atoms. The van der Waals surface area contributed by atoms with Gasteiger partial charge in [-0.25, -0.2) is 0 Å². The summed E-state index contributed by atoms with van der Waals surface area (Å²) >= 11 is 0. The Morgan fingerprint density at radius 2 is 1.74 bits per heavy atom. The number of ether oxygens (including phenoxy) is 2. The summed E-state index contributed by atoms with van der Waals surface area (Å²) in [6.45, 7) is 2.20. The van der Waals surface area contributed by atoms with Gasteiger partial charge in [0.1, 0.15) is 18.1 Å². The van der Waals surface area contributed by atoms with E-state index in [2.05, 4.69) is 0 Å². The lowest BCUT2D eigenvalue weighted by Gasteiger charge is -2.11. The van der Waals surface area contributed by atoms with E-state index < -0.39 is 6.10 Å². The zero-order valence-corrected chi connectivity index (χ0v) is 11.2. The van der Waals surface area contributed by atoms with Gasteiger partial charge in [0.25, 0.3) is 0 Å². The van der Waals surface area contributed by atoms with Gasteiger partial charge in [-0.05, 0) is 30.7 Å². The minimum Gasteiger partial charge on any atom is -0.496 e. The molecule has 0 saturated carbocycles. The Kier molecular flexibility index (Phi) is 4.42. The molecule has 0 aliphatic rings. The fraction of sp³-hybridized carbons (Fsp3) is 0.250. The number of hydrogen-bond acceptors (Lipinski definition) is 3. The SMILES string of the molecule is COc1ccccc1COc1ccc(C(C)O)cc1. The number of rotatable bonds is 5. The molecule has 1 unspecified atom stereocenters. The fourth-order valence-corrected chi connectivity index (χ4v) is 1.83. The van der Waals surface area contributed by atoms with Gasteiger partial charge in [-0.1, -0.05) is 30.3 Å². The first kappa shape index (κ1) is 13.4. The molecule has 0 aromatic heterocycles. The van der Waals surface area contributed by atoms with Gasteiger partial charge in [0.15, 0.2) is 0 Å². The van der Waals surface area contributed by atoms with Crippen LogP contribution in [0, 0.1) is 0 Å². The van der Waals surface area contributed by atoms with Crippen LogP contribution in [-0.4, -0.2) is 12.2 Å². The van der Waals surface area contributed by atoms with Crippen LogP contribution in [0.5, 0.6) is 11.5 Å². The third kappa shape index (κ3) is 3.48. The lowest BCUT2D eigenvalue weighted by atomic mass is 10.1. The molecule has 2 aromatic rings. The third-order valence-corrected chi connectivity index (χ3v) is 2.95. The summed E-state index contributed by atoms with van der Waals surface area (Å²) in [5.41, 5.74) is 1.88. The van der Waals surface area contributed by atoms with E-state index in [4.69, 9.17) is 9.47 Å². The maximum absolute atomic E-state index is 9.43. The van der Waals surface area contributed by atoms with Crippen LogP contribution in [0.15, 0.2) is 48.5 Å². The van der Waals surface area contributed by atoms with E-state index in [0.29, 0.717) is 6.61 Å². The minimum absolute atomic E-state index is 0.455. The van der Waals surface area contributed by atoms with Crippen molar-refractivity contribution in [3.63, 3.8) is 0 Å². The zero-order chi connectivity index (χ0) is 13.7. The molecule has 0 heterocycles. The highest BCUT2D eigenvalue weighted by Crippen LogP contribution is 2.21. The molecule has 0 aliphatic heterocycles. The van der Waals surface area contributed by atoms with Crippen LogP contribution >= 0.6 is 0 Å². The highest BCUT2D eigenvalue weighted by atomic mass is 16.5. The number of aliphatic hydroxyl groups excluding tert-OH is 1. The predicted molar refractivity (Wildman–Crippen MR) is 74.4 cm³/mol. The molecule has 2 aromatic carbocycles. The normalized spacial score (nSPS) is 11.9. The van der Waals surface area contributed by atoms with Crippen LogP contribution in [-0.2, 0) is 6.61 Å². The molecule has 3 heteroatoms. The summed E-state index contributed by atoms with van der Waals surface area (Å²) in [4.78, 5) is 0. The lowest BCUT2D eigenvalue weighted by molar-refractivity contribution is 0.199. The summed E-state index contributed by atoms with van der Waals surface area (Å²) in [6, 6.07) is 15.2. The maximum Gasteiger partial charge on any atom is 0.125 e. The molecule has 3 nitrogen and oxygen atoms in total. The van der Waals surface area contributed by atoms with Crippen molar-refractivity contribution < 1.29 is 14.6 Å².